The Hall–Kier alpha value is -0.180. The van der Waals surface area contributed by atoms with Crippen molar-refractivity contribution in [1.82, 2.24) is 0 Å². The predicted octanol–water partition coefficient (Wildman–Crippen LogP) is 2.64. The molecule has 0 aromatic rings. The lowest BCUT2D eigenvalue weighted by atomic mass is 10.4. The van der Waals surface area contributed by atoms with Gasteiger partial charge in [0.25, 0.3) is 5.91 Å². The summed E-state index contributed by atoms with van der Waals surface area (Å²) in [5, 5.41) is 18.3. The fraction of sp³-hybridized carbons (Fsp3) is 0.667. The number of nitriles is 1. The first-order valence-corrected chi connectivity index (χ1v) is 8.76. The number of nitrogens with two attached hydrogens (primary N) is 1. The average Bonchev–Trinajstić information content (AvgIpc) is 2.97. The second-order valence-corrected chi connectivity index (χ2v) is 8.22. The summed E-state index contributed by atoms with van der Waals surface area (Å²) in [6.07, 6.45) is 3.12. The minimum Gasteiger partial charge on any atom is -0.367 e. The van der Waals surface area contributed by atoms with Crippen LogP contribution in [-0.4, -0.2) is 37.4 Å². The second-order valence-electron chi connectivity index (χ2n) is 3.25. The molecule has 0 saturated carbocycles. The molecule has 0 aliphatic carbocycles. The van der Waals surface area contributed by atoms with E-state index in [1.807, 2.05) is 6.21 Å². The highest BCUT2D eigenvalue weighted by Crippen LogP contribution is 2.23. The van der Waals surface area contributed by atoms with Crippen LogP contribution in [-0.2, 0) is 4.79 Å². The first kappa shape index (κ1) is 22.1. The van der Waals surface area contributed by atoms with Crippen molar-refractivity contribution in [2.75, 3.05) is 11.1 Å². The number of carbonyl (C=O) groups excluding carboxylic acids is 1. The van der Waals surface area contributed by atoms with E-state index in [0.717, 1.165) is 0 Å². The zero-order chi connectivity index (χ0) is 16.2. The molecule has 11 heteroatoms. The fourth-order valence-electron chi connectivity index (χ4n) is 0.375. The van der Waals surface area contributed by atoms with E-state index < -0.39 is 15.2 Å². The van der Waals surface area contributed by atoms with E-state index in [0.29, 0.717) is 5.33 Å². The molecule has 1 aliphatic rings. The number of amides is 1. The molecule has 0 spiro atoms. The van der Waals surface area contributed by atoms with Crippen LogP contribution in [0, 0.1) is 21.4 Å². The molecule has 1 aliphatic heterocycles. The topological polar surface area (TPSA) is 122 Å². The van der Waals surface area contributed by atoms with Gasteiger partial charge in [0.1, 0.15) is 6.07 Å². The van der Waals surface area contributed by atoms with Gasteiger partial charge in [0.15, 0.2) is 0 Å². The Bertz CT molecular complexity index is 381. The Morgan fingerprint density at radius 2 is 2.30 bits per heavy atom. The minimum atomic E-state index is -1.39. The summed E-state index contributed by atoms with van der Waals surface area (Å²) < 4.78 is 2.49. The molecular formula is C9H13Br3N4O3S. The van der Waals surface area contributed by atoms with Gasteiger partial charge in [0.05, 0.1) is 5.33 Å². The Morgan fingerprint density at radius 3 is 2.35 bits per heavy atom. The van der Waals surface area contributed by atoms with E-state index in [9.17, 15) is 14.9 Å². The summed E-state index contributed by atoms with van der Waals surface area (Å²) in [6.45, 7) is 1.55. The Balaban J connectivity index is 0. The third-order valence-corrected chi connectivity index (χ3v) is 4.31. The molecule has 0 radical (unpaired) electrons. The van der Waals surface area contributed by atoms with E-state index in [2.05, 4.69) is 52.2 Å². The van der Waals surface area contributed by atoms with Gasteiger partial charge >= 0.3 is 0 Å². The molecule has 0 bridgehead atoms. The van der Waals surface area contributed by atoms with Crippen LogP contribution in [0.15, 0.2) is 4.40 Å². The molecule has 114 valence electrons. The summed E-state index contributed by atoms with van der Waals surface area (Å²) >= 11 is 10.1. The highest BCUT2D eigenvalue weighted by Gasteiger charge is 2.28. The molecule has 7 nitrogen and oxygen atoms in total. The van der Waals surface area contributed by atoms with Crippen molar-refractivity contribution in [3.63, 3.8) is 0 Å². The molecule has 1 heterocycles. The largest absolute Gasteiger partial charge is 0.367 e. The first-order valence-electron chi connectivity index (χ1n) is 5.11. The SMILES string of the molecule is C1=NSCC1.CC(CBr)[N+](=O)[O-].N#CC(Br)(Br)C(N)=O. The Labute approximate surface area is 146 Å². The number of rotatable bonds is 3. The van der Waals surface area contributed by atoms with E-state index in [-0.39, 0.29) is 4.92 Å². The number of hydrogen-bond donors (Lipinski definition) is 1. The van der Waals surface area contributed by atoms with E-state index in [1.165, 1.54) is 12.2 Å². The van der Waals surface area contributed by atoms with Crippen molar-refractivity contribution in [2.24, 2.45) is 10.1 Å². The highest BCUT2D eigenvalue weighted by atomic mass is 79.9. The third kappa shape index (κ3) is 12.8. The predicted molar refractivity (Wildman–Crippen MR) is 91.2 cm³/mol. The maximum absolute atomic E-state index is 10.2. The standard InChI is InChI=1S/C3H2Br2N2O.C3H6BrNO2.C3H5NS/c4-3(5,1-6)2(7)8;1-3(2-4)5(6)7;1-2-4-5-3-1/h(H2,7,8);3H,2H2,1H3;2H,1,3H2. The Kier molecular flexibility index (Phi) is 13.9. The lowest BCUT2D eigenvalue weighted by Gasteiger charge is -2.01. The van der Waals surface area contributed by atoms with Gasteiger partial charge in [-0.2, -0.15) is 5.26 Å². The molecule has 1 atom stereocenters. The van der Waals surface area contributed by atoms with Crippen LogP contribution in [0.2, 0.25) is 0 Å². The van der Waals surface area contributed by atoms with Gasteiger partial charge in [-0.15, -0.1) is 0 Å². The number of alkyl halides is 3. The van der Waals surface area contributed by atoms with Gasteiger partial charge in [-0.3, -0.25) is 14.9 Å². The second kappa shape index (κ2) is 12.6. The van der Waals surface area contributed by atoms with Gasteiger partial charge in [-0.1, -0.05) is 15.9 Å². The first-order chi connectivity index (χ1) is 9.18. The quantitative estimate of drug-likeness (QED) is 0.278. The van der Waals surface area contributed by atoms with Crippen LogP contribution in [0.3, 0.4) is 0 Å². The van der Waals surface area contributed by atoms with Crippen molar-refractivity contribution < 1.29 is 9.72 Å². The molecule has 0 fully saturated rings. The smallest absolute Gasteiger partial charge is 0.259 e. The zero-order valence-corrected chi connectivity index (χ0v) is 16.0. The van der Waals surface area contributed by atoms with Crippen molar-refractivity contribution in [2.45, 2.75) is 22.6 Å². The molecule has 20 heavy (non-hydrogen) atoms. The number of nitro groups is 1. The van der Waals surface area contributed by atoms with E-state index >= 15 is 0 Å². The summed E-state index contributed by atoms with van der Waals surface area (Å²) in [4.78, 5) is 19.5. The van der Waals surface area contributed by atoms with Crippen LogP contribution >= 0.6 is 59.7 Å². The fourth-order valence-corrected chi connectivity index (χ4v) is 1.14. The molecule has 1 amide bonds. The third-order valence-electron chi connectivity index (χ3n) is 1.52. The lowest BCUT2D eigenvalue weighted by Crippen LogP contribution is -2.30. The molecule has 1 unspecified atom stereocenters. The van der Waals surface area contributed by atoms with Crippen molar-refractivity contribution in [3.05, 3.63) is 10.1 Å². The average molecular weight is 497 g/mol. The Morgan fingerprint density at radius 1 is 1.75 bits per heavy atom. The minimum absolute atomic E-state index is 0.325. The number of primary amides is 1. The van der Waals surface area contributed by atoms with Crippen LogP contribution in [0.4, 0.5) is 0 Å². The monoisotopic (exact) mass is 494 g/mol. The number of carbonyl (C=O) groups is 1. The van der Waals surface area contributed by atoms with E-state index in [4.69, 9.17) is 11.0 Å². The summed E-state index contributed by atoms with van der Waals surface area (Å²) in [5.74, 6) is 0.444. The normalized spacial score (nSPS) is 13.9. The molecule has 0 aromatic carbocycles. The van der Waals surface area contributed by atoms with E-state index in [1.54, 1.807) is 24.9 Å². The van der Waals surface area contributed by atoms with Crippen LogP contribution in [0.25, 0.3) is 0 Å². The van der Waals surface area contributed by atoms with Crippen molar-refractivity contribution in [1.29, 1.82) is 5.26 Å². The van der Waals surface area contributed by atoms with Crippen molar-refractivity contribution in [3.8, 4) is 6.07 Å². The molecular weight excluding hydrogens is 484 g/mol. The number of halogens is 3. The molecule has 2 N–H and O–H groups in total. The van der Waals surface area contributed by atoms with Gasteiger partial charge in [-0.05, 0) is 50.2 Å². The summed E-state index contributed by atoms with van der Waals surface area (Å²) in [5.41, 5.74) is 4.73. The van der Waals surface area contributed by atoms with Gasteiger partial charge < -0.3 is 5.73 Å². The maximum atomic E-state index is 10.2. The summed E-state index contributed by atoms with van der Waals surface area (Å²) in [6, 6.07) is 1.14. The van der Waals surface area contributed by atoms with Gasteiger partial charge in [-0.25, -0.2) is 4.40 Å². The number of hydrogen-bond acceptors (Lipinski definition) is 6. The van der Waals surface area contributed by atoms with Crippen molar-refractivity contribution >= 4 is 71.9 Å². The maximum Gasteiger partial charge on any atom is 0.259 e. The highest BCUT2D eigenvalue weighted by molar-refractivity contribution is 9.26. The zero-order valence-electron chi connectivity index (χ0n) is 10.5. The van der Waals surface area contributed by atoms with Crippen LogP contribution in [0.5, 0.6) is 0 Å². The summed E-state index contributed by atoms with van der Waals surface area (Å²) in [7, 11) is 0. The molecule has 0 saturated heterocycles. The van der Waals surface area contributed by atoms with Crippen LogP contribution in [0.1, 0.15) is 13.3 Å². The number of nitrogens with zero attached hydrogens (tertiary/aromatic N) is 3. The van der Waals surface area contributed by atoms with Crippen LogP contribution < -0.4 is 5.73 Å². The molecule has 0 aromatic heterocycles. The lowest BCUT2D eigenvalue weighted by molar-refractivity contribution is -0.511. The molecule has 1 rings (SSSR count). The van der Waals surface area contributed by atoms with Gasteiger partial charge in [0.2, 0.25) is 9.28 Å². The van der Waals surface area contributed by atoms with Gasteiger partial charge in [0, 0.05) is 23.8 Å².